The highest BCUT2D eigenvalue weighted by Crippen LogP contribution is 2.30. The van der Waals surface area contributed by atoms with E-state index in [1.54, 1.807) is 0 Å². The summed E-state index contributed by atoms with van der Waals surface area (Å²) in [5.41, 5.74) is 1.93. The molecule has 18 heavy (non-hydrogen) atoms. The van der Waals surface area contributed by atoms with Gasteiger partial charge in [-0.15, -0.1) is 0 Å². The number of nitrogens with zero attached hydrogens (tertiary/aromatic N) is 2. The second-order valence-corrected chi connectivity index (χ2v) is 6.20. The minimum absolute atomic E-state index is 0.704. The molecular weight excluding hydrogens is 288 g/mol. The zero-order chi connectivity index (χ0) is 13.1. The van der Waals surface area contributed by atoms with Crippen LogP contribution >= 0.6 is 15.9 Å². The summed E-state index contributed by atoms with van der Waals surface area (Å²) in [6.45, 7) is 6.89. The number of hydrogen-bond donors (Lipinski definition) is 0. The average molecular weight is 307 g/mol. The molecule has 0 atom stereocenters. The van der Waals surface area contributed by atoms with Gasteiger partial charge in [0.2, 0.25) is 0 Å². The van der Waals surface area contributed by atoms with Gasteiger partial charge in [0.1, 0.15) is 6.07 Å². The number of hydrogen-bond acceptors (Lipinski definition) is 2. The molecule has 0 aromatic heterocycles. The molecule has 1 saturated heterocycles. The van der Waals surface area contributed by atoms with Crippen molar-refractivity contribution >= 4 is 21.6 Å². The van der Waals surface area contributed by atoms with Crippen LogP contribution in [0.25, 0.3) is 0 Å². The van der Waals surface area contributed by atoms with Gasteiger partial charge in [-0.05, 0) is 58.8 Å². The smallest absolute Gasteiger partial charge is 0.100 e. The maximum atomic E-state index is 8.92. The Morgan fingerprint density at radius 2 is 2.00 bits per heavy atom. The van der Waals surface area contributed by atoms with E-state index in [1.165, 1.54) is 18.5 Å². The fraction of sp³-hybridized carbons (Fsp3) is 0.533. The van der Waals surface area contributed by atoms with Crippen LogP contribution in [0.2, 0.25) is 0 Å². The summed E-state index contributed by atoms with van der Waals surface area (Å²) in [5.74, 6) is 1.66. The van der Waals surface area contributed by atoms with Gasteiger partial charge in [-0.3, -0.25) is 0 Å². The standard InChI is InChI=1S/C15H19BrN2/c1-11(2)12-5-7-18(8-6-12)14-4-3-13(10-17)15(16)9-14/h3-4,9,11-12H,5-8H2,1-2H3. The van der Waals surface area contributed by atoms with Crippen LogP contribution in [0.3, 0.4) is 0 Å². The third kappa shape index (κ3) is 2.87. The number of nitriles is 1. The van der Waals surface area contributed by atoms with E-state index < -0.39 is 0 Å². The van der Waals surface area contributed by atoms with Crippen LogP contribution in [0, 0.1) is 23.2 Å². The highest BCUT2D eigenvalue weighted by atomic mass is 79.9. The zero-order valence-corrected chi connectivity index (χ0v) is 12.6. The van der Waals surface area contributed by atoms with E-state index in [1.807, 2.05) is 6.07 Å². The van der Waals surface area contributed by atoms with E-state index >= 15 is 0 Å². The minimum Gasteiger partial charge on any atom is -0.371 e. The fourth-order valence-corrected chi connectivity index (χ4v) is 3.07. The number of rotatable bonds is 2. The molecule has 1 aromatic rings. The Morgan fingerprint density at radius 1 is 1.33 bits per heavy atom. The van der Waals surface area contributed by atoms with Crippen molar-refractivity contribution in [3.05, 3.63) is 28.2 Å². The van der Waals surface area contributed by atoms with Crippen molar-refractivity contribution in [2.45, 2.75) is 26.7 Å². The predicted octanol–water partition coefficient (Wildman–Crippen LogP) is 4.19. The summed E-state index contributed by atoms with van der Waals surface area (Å²) in [7, 11) is 0. The van der Waals surface area contributed by atoms with Crippen LogP contribution < -0.4 is 4.90 Å². The van der Waals surface area contributed by atoms with Crippen molar-refractivity contribution in [3.8, 4) is 6.07 Å². The average Bonchev–Trinajstić information content (AvgIpc) is 2.38. The second-order valence-electron chi connectivity index (χ2n) is 5.34. The molecule has 2 rings (SSSR count). The fourth-order valence-electron chi connectivity index (χ4n) is 2.62. The summed E-state index contributed by atoms with van der Waals surface area (Å²) in [4.78, 5) is 2.42. The van der Waals surface area contributed by atoms with Gasteiger partial charge in [-0.25, -0.2) is 0 Å². The molecule has 3 heteroatoms. The van der Waals surface area contributed by atoms with Gasteiger partial charge in [0.25, 0.3) is 0 Å². The first-order valence-electron chi connectivity index (χ1n) is 6.56. The summed E-state index contributed by atoms with van der Waals surface area (Å²) in [5, 5.41) is 8.92. The number of piperidine rings is 1. The van der Waals surface area contributed by atoms with E-state index in [9.17, 15) is 0 Å². The van der Waals surface area contributed by atoms with Crippen LogP contribution in [0.4, 0.5) is 5.69 Å². The van der Waals surface area contributed by atoms with Crippen LogP contribution in [0.15, 0.2) is 22.7 Å². The Kier molecular flexibility index (Phi) is 4.29. The first kappa shape index (κ1) is 13.4. The highest BCUT2D eigenvalue weighted by molar-refractivity contribution is 9.10. The number of halogens is 1. The summed E-state index contributed by atoms with van der Waals surface area (Å²) >= 11 is 3.46. The van der Waals surface area contributed by atoms with Crippen molar-refractivity contribution in [1.29, 1.82) is 5.26 Å². The quantitative estimate of drug-likeness (QED) is 0.819. The maximum Gasteiger partial charge on any atom is 0.100 e. The molecule has 0 radical (unpaired) electrons. The summed E-state index contributed by atoms with van der Waals surface area (Å²) in [6.07, 6.45) is 2.55. The molecule has 2 nitrogen and oxygen atoms in total. The van der Waals surface area contributed by atoms with Gasteiger partial charge in [-0.1, -0.05) is 13.8 Å². The van der Waals surface area contributed by atoms with E-state index in [0.29, 0.717) is 5.56 Å². The SMILES string of the molecule is CC(C)C1CCN(c2ccc(C#N)c(Br)c2)CC1. The summed E-state index contributed by atoms with van der Waals surface area (Å²) < 4.78 is 0.897. The Bertz CT molecular complexity index is 454. The van der Waals surface area contributed by atoms with Crippen molar-refractivity contribution in [2.24, 2.45) is 11.8 Å². The van der Waals surface area contributed by atoms with Crippen LogP contribution in [0.1, 0.15) is 32.3 Å². The predicted molar refractivity (Wildman–Crippen MR) is 78.6 cm³/mol. The van der Waals surface area contributed by atoms with Gasteiger partial charge in [-0.2, -0.15) is 5.26 Å². The van der Waals surface area contributed by atoms with E-state index in [2.05, 4.69) is 52.9 Å². The lowest BCUT2D eigenvalue weighted by molar-refractivity contribution is 0.311. The molecule has 0 aliphatic carbocycles. The third-order valence-corrected chi connectivity index (χ3v) is 4.58. The van der Waals surface area contributed by atoms with Crippen LogP contribution in [0.5, 0.6) is 0 Å². The first-order chi connectivity index (χ1) is 8.61. The van der Waals surface area contributed by atoms with Crippen molar-refractivity contribution in [3.63, 3.8) is 0 Å². The summed E-state index contributed by atoms with van der Waals surface area (Å²) in [6, 6.07) is 8.20. The molecular formula is C15H19BrN2. The third-order valence-electron chi connectivity index (χ3n) is 3.92. The molecule has 1 heterocycles. The molecule has 1 aliphatic rings. The molecule has 1 aromatic carbocycles. The van der Waals surface area contributed by atoms with Crippen LogP contribution in [-0.4, -0.2) is 13.1 Å². The highest BCUT2D eigenvalue weighted by Gasteiger charge is 2.21. The lowest BCUT2D eigenvalue weighted by Gasteiger charge is -2.35. The first-order valence-corrected chi connectivity index (χ1v) is 7.35. The minimum atomic E-state index is 0.704. The molecule has 1 fully saturated rings. The lowest BCUT2D eigenvalue weighted by Crippen LogP contribution is -2.35. The molecule has 0 spiro atoms. The van der Waals surface area contributed by atoms with E-state index in [0.717, 1.165) is 29.4 Å². The van der Waals surface area contributed by atoms with Gasteiger partial charge in [0.05, 0.1) is 5.56 Å². The molecule has 1 aliphatic heterocycles. The molecule has 0 amide bonds. The topological polar surface area (TPSA) is 27.0 Å². The van der Waals surface area contributed by atoms with Gasteiger partial charge in [0.15, 0.2) is 0 Å². The Balaban J connectivity index is 2.06. The molecule has 0 N–H and O–H groups in total. The maximum absolute atomic E-state index is 8.92. The monoisotopic (exact) mass is 306 g/mol. The van der Waals surface area contributed by atoms with Crippen molar-refractivity contribution in [1.82, 2.24) is 0 Å². The lowest BCUT2D eigenvalue weighted by atomic mass is 9.86. The molecule has 0 saturated carbocycles. The zero-order valence-electron chi connectivity index (χ0n) is 11.0. The van der Waals surface area contributed by atoms with Crippen molar-refractivity contribution < 1.29 is 0 Å². The largest absolute Gasteiger partial charge is 0.371 e. The number of anilines is 1. The van der Waals surface area contributed by atoms with Gasteiger partial charge >= 0.3 is 0 Å². The molecule has 0 unspecified atom stereocenters. The van der Waals surface area contributed by atoms with Gasteiger partial charge in [0, 0.05) is 23.2 Å². The molecule has 0 bridgehead atoms. The Labute approximate surface area is 118 Å². The Morgan fingerprint density at radius 3 is 2.50 bits per heavy atom. The van der Waals surface area contributed by atoms with Crippen LogP contribution in [-0.2, 0) is 0 Å². The number of benzene rings is 1. The molecule has 96 valence electrons. The normalized spacial score (nSPS) is 16.9. The van der Waals surface area contributed by atoms with E-state index in [-0.39, 0.29) is 0 Å². The van der Waals surface area contributed by atoms with Gasteiger partial charge < -0.3 is 4.90 Å². The Hall–Kier alpha value is -1.01. The van der Waals surface area contributed by atoms with Crippen molar-refractivity contribution in [2.75, 3.05) is 18.0 Å². The van der Waals surface area contributed by atoms with E-state index in [4.69, 9.17) is 5.26 Å². The second kappa shape index (κ2) is 5.75.